The molecule has 0 bridgehead atoms. The summed E-state index contributed by atoms with van der Waals surface area (Å²) >= 11 is 0. The summed E-state index contributed by atoms with van der Waals surface area (Å²) < 4.78 is 25.6. The van der Waals surface area contributed by atoms with Crippen LogP contribution in [0.5, 0.6) is 0 Å². The zero-order chi connectivity index (χ0) is 13.1. The van der Waals surface area contributed by atoms with E-state index < -0.39 is 17.2 Å². The molecule has 0 atom stereocenters. The fourth-order valence-electron chi connectivity index (χ4n) is 1.75. The van der Waals surface area contributed by atoms with Gasteiger partial charge in [0.15, 0.2) is 11.6 Å². The highest BCUT2D eigenvalue weighted by atomic mass is 19.2. The maximum atomic E-state index is 12.9. The minimum Gasteiger partial charge on any atom is -0.389 e. The van der Waals surface area contributed by atoms with Crippen LogP contribution in [0.25, 0.3) is 0 Å². The molecular formula is C13H19F2NO. The molecule has 96 valence electrons. The number of rotatable bonds is 5. The number of hydrogen-bond donors (Lipinski definition) is 1. The Labute approximate surface area is 101 Å². The van der Waals surface area contributed by atoms with Crippen LogP contribution in [0, 0.1) is 11.6 Å². The van der Waals surface area contributed by atoms with Crippen molar-refractivity contribution in [2.45, 2.75) is 25.9 Å². The minimum atomic E-state index is -0.821. The van der Waals surface area contributed by atoms with E-state index in [4.69, 9.17) is 0 Å². The standard InChI is InChI=1S/C13H19F2NO/c1-13(2,17)9-16(3)7-6-10-4-5-11(14)12(15)8-10/h4-5,8,17H,6-7,9H2,1-3H3. The molecule has 0 aliphatic heterocycles. The zero-order valence-corrected chi connectivity index (χ0v) is 10.5. The molecule has 1 aromatic carbocycles. The van der Waals surface area contributed by atoms with Crippen molar-refractivity contribution in [3.05, 3.63) is 35.4 Å². The summed E-state index contributed by atoms with van der Waals surface area (Å²) in [6.07, 6.45) is 0.629. The third-order valence-corrected chi connectivity index (χ3v) is 2.42. The second-order valence-corrected chi connectivity index (χ2v) is 5.05. The molecule has 0 aromatic heterocycles. The first-order valence-corrected chi connectivity index (χ1v) is 5.63. The van der Waals surface area contributed by atoms with Gasteiger partial charge in [-0.2, -0.15) is 0 Å². The molecule has 0 saturated heterocycles. The van der Waals surface area contributed by atoms with Gasteiger partial charge in [-0.15, -0.1) is 0 Å². The Morgan fingerprint density at radius 1 is 1.24 bits per heavy atom. The predicted octanol–water partition coefficient (Wildman–Crippen LogP) is 2.21. The highest BCUT2D eigenvalue weighted by Gasteiger charge is 2.15. The number of halogens is 2. The third kappa shape index (κ3) is 5.24. The normalized spacial score (nSPS) is 12.2. The molecule has 1 aromatic rings. The fraction of sp³-hybridized carbons (Fsp3) is 0.538. The first-order chi connectivity index (χ1) is 7.78. The lowest BCUT2D eigenvalue weighted by Crippen LogP contribution is -2.37. The van der Waals surface area contributed by atoms with Crippen molar-refractivity contribution >= 4 is 0 Å². The van der Waals surface area contributed by atoms with Crippen LogP contribution in [0.15, 0.2) is 18.2 Å². The maximum Gasteiger partial charge on any atom is 0.159 e. The van der Waals surface area contributed by atoms with Crippen LogP contribution in [-0.2, 0) is 6.42 Å². The van der Waals surface area contributed by atoms with Crippen LogP contribution in [0.2, 0.25) is 0 Å². The highest BCUT2D eigenvalue weighted by Crippen LogP contribution is 2.10. The van der Waals surface area contributed by atoms with Crippen LogP contribution in [0.3, 0.4) is 0 Å². The maximum absolute atomic E-state index is 12.9. The molecule has 0 aliphatic carbocycles. The molecule has 4 heteroatoms. The second kappa shape index (κ2) is 5.56. The van der Waals surface area contributed by atoms with Gasteiger partial charge in [-0.25, -0.2) is 8.78 Å². The van der Waals surface area contributed by atoms with Crippen molar-refractivity contribution in [3.8, 4) is 0 Å². The van der Waals surface area contributed by atoms with E-state index >= 15 is 0 Å². The van der Waals surface area contributed by atoms with E-state index in [-0.39, 0.29) is 0 Å². The summed E-state index contributed by atoms with van der Waals surface area (Å²) in [5.74, 6) is -1.63. The van der Waals surface area contributed by atoms with Gasteiger partial charge in [0.05, 0.1) is 5.60 Å². The lowest BCUT2D eigenvalue weighted by molar-refractivity contribution is 0.0450. The Morgan fingerprint density at radius 3 is 2.41 bits per heavy atom. The molecular weight excluding hydrogens is 224 g/mol. The smallest absolute Gasteiger partial charge is 0.159 e. The van der Waals surface area contributed by atoms with E-state index in [1.165, 1.54) is 6.07 Å². The van der Waals surface area contributed by atoms with E-state index in [0.29, 0.717) is 19.5 Å². The highest BCUT2D eigenvalue weighted by molar-refractivity contribution is 5.18. The molecule has 0 amide bonds. The minimum absolute atomic E-state index is 0.538. The molecule has 0 radical (unpaired) electrons. The first kappa shape index (κ1) is 14.1. The van der Waals surface area contributed by atoms with Gasteiger partial charge in [-0.3, -0.25) is 0 Å². The summed E-state index contributed by atoms with van der Waals surface area (Å²) in [4.78, 5) is 1.96. The molecule has 0 heterocycles. The topological polar surface area (TPSA) is 23.5 Å². The van der Waals surface area contributed by atoms with Gasteiger partial charge < -0.3 is 10.0 Å². The quantitative estimate of drug-likeness (QED) is 0.857. The molecule has 0 unspecified atom stereocenters. The van der Waals surface area contributed by atoms with Crippen LogP contribution >= 0.6 is 0 Å². The monoisotopic (exact) mass is 243 g/mol. The summed E-state index contributed by atoms with van der Waals surface area (Å²) in [5, 5.41) is 9.61. The average molecular weight is 243 g/mol. The summed E-state index contributed by atoms with van der Waals surface area (Å²) in [6.45, 7) is 4.70. The summed E-state index contributed by atoms with van der Waals surface area (Å²) in [7, 11) is 1.89. The molecule has 1 rings (SSSR count). The van der Waals surface area contributed by atoms with Gasteiger partial charge in [-0.1, -0.05) is 6.07 Å². The average Bonchev–Trinajstić information content (AvgIpc) is 2.17. The van der Waals surface area contributed by atoms with Crippen molar-refractivity contribution in [2.24, 2.45) is 0 Å². The number of benzene rings is 1. The van der Waals surface area contributed by atoms with Gasteiger partial charge in [0, 0.05) is 13.1 Å². The van der Waals surface area contributed by atoms with E-state index in [2.05, 4.69) is 0 Å². The van der Waals surface area contributed by atoms with Gasteiger partial charge in [-0.05, 0) is 45.0 Å². The Hall–Kier alpha value is -1.00. The lowest BCUT2D eigenvalue weighted by Gasteiger charge is -2.25. The number of nitrogens with zero attached hydrogens (tertiary/aromatic N) is 1. The summed E-state index contributed by atoms with van der Waals surface area (Å²) in [6, 6.07) is 3.93. The van der Waals surface area contributed by atoms with E-state index in [1.807, 2.05) is 11.9 Å². The van der Waals surface area contributed by atoms with Crippen LogP contribution in [-0.4, -0.2) is 35.7 Å². The zero-order valence-electron chi connectivity index (χ0n) is 10.5. The largest absolute Gasteiger partial charge is 0.389 e. The fourth-order valence-corrected chi connectivity index (χ4v) is 1.75. The predicted molar refractivity (Wildman–Crippen MR) is 63.9 cm³/mol. The van der Waals surface area contributed by atoms with Crippen LogP contribution in [0.1, 0.15) is 19.4 Å². The van der Waals surface area contributed by atoms with Crippen molar-refractivity contribution in [1.29, 1.82) is 0 Å². The molecule has 0 saturated carbocycles. The number of aliphatic hydroxyl groups is 1. The number of hydrogen-bond acceptors (Lipinski definition) is 2. The Bertz CT molecular complexity index is 374. The Morgan fingerprint density at radius 2 is 1.88 bits per heavy atom. The van der Waals surface area contributed by atoms with Crippen molar-refractivity contribution < 1.29 is 13.9 Å². The van der Waals surface area contributed by atoms with Crippen LogP contribution in [0.4, 0.5) is 8.78 Å². The Kier molecular flexibility index (Phi) is 4.60. The van der Waals surface area contributed by atoms with Crippen molar-refractivity contribution in [1.82, 2.24) is 4.90 Å². The van der Waals surface area contributed by atoms with Crippen molar-refractivity contribution in [3.63, 3.8) is 0 Å². The summed E-state index contributed by atoms with van der Waals surface area (Å²) in [5.41, 5.74) is 0.00879. The molecule has 0 aliphatic rings. The van der Waals surface area contributed by atoms with Crippen LogP contribution < -0.4 is 0 Å². The first-order valence-electron chi connectivity index (χ1n) is 5.63. The number of likely N-dealkylation sites (N-methyl/N-ethyl adjacent to an activating group) is 1. The van der Waals surface area contributed by atoms with E-state index in [1.54, 1.807) is 19.9 Å². The van der Waals surface area contributed by atoms with Crippen molar-refractivity contribution in [2.75, 3.05) is 20.1 Å². The molecule has 1 N–H and O–H groups in total. The third-order valence-electron chi connectivity index (χ3n) is 2.42. The Balaban J connectivity index is 2.47. The molecule has 2 nitrogen and oxygen atoms in total. The molecule has 0 spiro atoms. The lowest BCUT2D eigenvalue weighted by atomic mass is 10.1. The van der Waals surface area contributed by atoms with Gasteiger partial charge in [0.1, 0.15) is 0 Å². The van der Waals surface area contributed by atoms with E-state index in [9.17, 15) is 13.9 Å². The van der Waals surface area contributed by atoms with Gasteiger partial charge in [0.25, 0.3) is 0 Å². The SMILES string of the molecule is CN(CCc1ccc(F)c(F)c1)CC(C)(C)O. The van der Waals surface area contributed by atoms with E-state index in [0.717, 1.165) is 11.6 Å². The van der Waals surface area contributed by atoms with Gasteiger partial charge >= 0.3 is 0 Å². The van der Waals surface area contributed by atoms with Gasteiger partial charge in [0.2, 0.25) is 0 Å². The second-order valence-electron chi connectivity index (χ2n) is 5.05. The molecule has 0 fully saturated rings. The molecule has 17 heavy (non-hydrogen) atoms.